The molecule has 94 valence electrons. The highest BCUT2D eigenvalue weighted by atomic mass is 16.6. The Kier molecular flexibility index (Phi) is 4.86. The summed E-state index contributed by atoms with van der Waals surface area (Å²) in [5, 5.41) is 22.7. The third-order valence-corrected chi connectivity index (χ3v) is 2.28. The number of benzene rings is 1. The lowest BCUT2D eigenvalue weighted by Gasteiger charge is -2.15. The predicted octanol–water partition coefficient (Wildman–Crippen LogP) is 1.53. The molecule has 0 aliphatic rings. The molecule has 0 aromatic heterocycles. The molecule has 0 unspecified atom stereocenters. The van der Waals surface area contributed by atoms with Gasteiger partial charge in [0.25, 0.3) is 5.69 Å². The number of nitro groups is 1. The standard InChI is InChI=1S/C11H16N2O4/c1-8(6-14)12-11-4-3-10(13(15)16)5-9(11)7-17-2/h3-5,8,12,14H,6-7H2,1-2H3/t8-/m0/s1. The van der Waals surface area contributed by atoms with Crippen molar-refractivity contribution in [2.45, 2.75) is 19.6 Å². The van der Waals surface area contributed by atoms with Crippen molar-refractivity contribution in [3.05, 3.63) is 33.9 Å². The van der Waals surface area contributed by atoms with E-state index in [9.17, 15) is 10.1 Å². The molecule has 6 nitrogen and oxygen atoms in total. The second-order valence-corrected chi connectivity index (χ2v) is 3.76. The van der Waals surface area contributed by atoms with Crippen molar-refractivity contribution < 1.29 is 14.8 Å². The number of nitro benzene ring substituents is 1. The molecule has 0 aliphatic carbocycles. The highest BCUT2D eigenvalue weighted by Crippen LogP contribution is 2.23. The van der Waals surface area contributed by atoms with Crippen molar-refractivity contribution in [2.24, 2.45) is 0 Å². The first kappa shape index (κ1) is 13.4. The van der Waals surface area contributed by atoms with Gasteiger partial charge in [-0.2, -0.15) is 0 Å². The summed E-state index contributed by atoms with van der Waals surface area (Å²) in [5.41, 5.74) is 1.46. The molecule has 0 radical (unpaired) electrons. The summed E-state index contributed by atoms with van der Waals surface area (Å²) in [6.45, 7) is 2.09. The number of methoxy groups -OCH3 is 1. The lowest BCUT2D eigenvalue weighted by molar-refractivity contribution is -0.384. The molecule has 0 spiro atoms. The molecule has 0 bridgehead atoms. The number of nitrogens with zero attached hydrogens (tertiary/aromatic N) is 1. The van der Waals surface area contributed by atoms with Crippen LogP contribution in [0.25, 0.3) is 0 Å². The molecule has 0 aliphatic heterocycles. The van der Waals surface area contributed by atoms with Gasteiger partial charge < -0.3 is 15.2 Å². The van der Waals surface area contributed by atoms with Crippen LogP contribution in [0, 0.1) is 10.1 Å². The zero-order valence-electron chi connectivity index (χ0n) is 9.84. The van der Waals surface area contributed by atoms with Gasteiger partial charge in [-0.15, -0.1) is 0 Å². The molecule has 1 rings (SSSR count). The van der Waals surface area contributed by atoms with Crippen LogP contribution in [-0.4, -0.2) is 29.8 Å². The van der Waals surface area contributed by atoms with Gasteiger partial charge in [0, 0.05) is 36.5 Å². The first-order chi connectivity index (χ1) is 8.08. The van der Waals surface area contributed by atoms with Crippen LogP contribution in [0.3, 0.4) is 0 Å². The summed E-state index contributed by atoms with van der Waals surface area (Å²) < 4.78 is 4.99. The average molecular weight is 240 g/mol. The third kappa shape index (κ3) is 3.69. The number of hydrogen-bond acceptors (Lipinski definition) is 5. The van der Waals surface area contributed by atoms with Gasteiger partial charge in [-0.25, -0.2) is 0 Å². The maximum absolute atomic E-state index is 10.7. The Hall–Kier alpha value is -1.66. The second kappa shape index (κ2) is 6.17. The maximum atomic E-state index is 10.7. The zero-order valence-corrected chi connectivity index (χ0v) is 9.84. The second-order valence-electron chi connectivity index (χ2n) is 3.76. The van der Waals surface area contributed by atoms with E-state index in [2.05, 4.69) is 5.32 Å². The fourth-order valence-corrected chi connectivity index (χ4v) is 1.42. The zero-order chi connectivity index (χ0) is 12.8. The Morgan fingerprint density at radius 2 is 2.29 bits per heavy atom. The molecule has 1 atom stereocenters. The first-order valence-corrected chi connectivity index (χ1v) is 5.22. The normalized spacial score (nSPS) is 12.2. The van der Waals surface area contributed by atoms with Crippen LogP contribution < -0.4 is 5.32 Å². The number of aliphatic hydroxyl groups excluding tert-OH is 1. The van der Waals surface area contributed by atoms with E-state index in [0.717, 1.165) is 5.69 Å². The number of anilines is 1. The highest BCUT2D eigenvalue weighted by Gasteiger charge is 2.11. The Bertz CT molecular complexity index is 395. The van der Waals surface area contributed by atoms with E-state index < -0.39 is 4.92 Å². The SMILES string of the molecule is COCc1cc([N+](=O)[O-])ccc1N[C@@H](C)CO. The average Bonchev–Trinajstić information content (AvgIpc) is 2.31. The molecular formula is C11H16N2O4. The number of nitrogens with one attached hydrogen (secondary N) is 1. The van der Waals surface area contributed by atoms with Crippen molar-refractivity contribution in [2.75, 3.05) is 19.0 Å². The summed E-state index contributed by atoms with van der Waals surface area (Å²) >= 11 is 0. The number of rotatable bonds is 6. The number of ether oxygens (including phenoxy) is 1. The van der Waals surface area contributed by atoms with Gasteiger partial charge in [-0.1, -0.05) is 0 Å². The Morgan fingerprint density at radius 1 is 1.59 bits per heavy atom. The fourth-order valence-electron chi connectivity index (χ4n) is 1.42. The van der Waals surface area contributed by atoms with Gasteiger partial charge in [0.15, 0.2) is 0 Å². The minimum atomic E-state index is -0.446. The van der Waals surface area contributed by atoms with E-state index in [-0.39, 0.29) is 24.9 Å². The van der Waals surface area contributed by atoms with Crippen LogP contribution in [0.4, 0.5) is 11.4 Å². The first-order valence-electron chi connectivity index (χ1n) is 5.22. The van der Waals surface area contributed by atoms with Crippen LogP contribution in [-0.2, 0) is 11.3 Å². The van der Waals surface area contributed by atoms with Crippen molar-refractivity contribution in [3.8, 4) is 0 Å². The van der Waals surface area contributed by atoms with E-state index in [0.29, 0.717) is 5.56 Å². The van der Waals surface area contributed by atoms with Crippen LogP contribution in [0.2, 0.25) is 0 Å². The lowest BCUT2D eigenvalue weighted by Crippen LogP contribution is -2.20. The molecule has 6 heteroatoms. The molecule has 0 saturated carbocycles. The number of hydrogen-bond donors (Lipinski definition) is 2. The molecule has 0 amide bonds. The largest absolute Gasteiger partial charge is 0.394 e. The third-order valence-electron chi connectivity index (χ3n) is 2.28. The molecule has 0 fully saturated rings. The Labute approximate surface area is 99.4 Å². The summed E-state index contributed by atoms with van der Waals surface area (Å²) in [6, 6.07) is 4.40. The van der Waals surface area contributed by atoms with E-state index in [1.54, 1.807) is 6.07 Å². The molecule has 1 aromatic rings. The Morgan fingerprint density at radius 3 is 2.82 bits per heavy atom. The van der Waals surface area contributed by atoms with E-state index in [1.165, 1.54) is 19.2 Å². The monoisotopic (exact) mass is 240 g/mol. The van der Waals surface area contributed by atoms with Crippen molar-refractivity contribution >= 4 is 11.4 Å². The van der Waals surface area contributed by atoms with Crippen LogP contribution in [0.5, 0.6) is 0 Å². The van der Waals surface area contributed by atoms with Crippen LogP contribution >= 0.6 is 0 Å². The summed E-state index contributed by atoms with van der Waals surface area (Å²) in [5.74, 6) is 0. The van der Waals surface area contributed by atoms with Crippen molar-refractivity contribution in [1.82, 2.24) is 0 Å². The lowest BCUT2D eigenvalue weighted by atomic mass is 10.1. The smallest absolute Gasteiger partial charge is 0.269 e. The van der Waals surface area contributed by atoms with E-state index >= 15 is 0 Å². The molecule has 0 saturated heterocycles. The number of aliphatic hydroxyl groups is 1. The van der Waals surface area contributed by atoms with E-state index in [1.807, 2.05) is 6.92 Å². The minimum absolute atomic E-state index is 0.0105. The van der Waals surface area contributed by atoms with Gasteiger partial charge in [0.2, 0.25) is 0 Å². The fraction of sp³-hybridized carbons (Fsp3) is 0.455. The van der Waals surface area contributed by atoms with E-state index in [4.69, 9.17) is 9.84 Å². The summed E-state index contributed by atoms with van der Waals surface area (Å²) in [7, 11) is 1.53. The predicted molar refractivity (Wildman–Crippen MR) is 64.0 cm³/mol. The highest BCUT2D eigenvalue weighted by molar-refractivity contribution is 5.56. The van der Waals surface area contributed by atoms with Gasteiger partial charge >= 0.3 is 0 Å². The van der Waals surface area contributed by atoms with Gasteiger partial charge in [0.1, 0.15) is 0 Å². The molecular weight excluding hydrogens is 224 g/mol. The summed E-state index contributed by atoms with van der Waals surface area (Å²) in [6.07, 6.45) is 0. The number of non-ortho nitro benzene ring substituents is 1. The topological polar surface area (TPSA) is 84.6 Å². The van der Waals surface area contributed by atoms with Gasteiger partial charge in [-0.05, 0) is 13.0 Å². The van der Waals surface area contributed by atoms with Crippen molar-refractivity contribution in [1.29, 1.82) is 0 Å². The van der Waals surface area contributed by atoms with Gasteiger partial charge in [0.05, 0.1) is 18.1 Å². The maximum Gasteiger partial charge on any atom is 0.269 e. The molecule has 1 aromatic carbocycles. The molecule has 17 heavy (non-hydrogen) atoms. The molecule has 2 N–H and O–H groups in total. The van der Waals surface area contributed by atoms with Crippen molar-refractivity contribution in [3.63, 3.8) is 0 Å². The van der Waals surface area contributed by atoms with Crippen LogP contribution in [0.1, 0.15) is 12.5 Å². The minimum Gasteiger partial charge on any atom is -0.394 e. The molecule has 0 heterocycles. The van der Waals surface area contributed by atoms with Crippen LogP contribution in [0.15, 0.2) is 18.2 Å². The van der Waals surface area contributed by atoms with Gasteiger partial charge in [-0.3, -0.25) is 10.1 Å². The Balaban J connectivity index is 2.99. The quantitative estimate of drug-likeness (QED) is 0.582. The summed E-state index contributed by atoms with van der Waals surface area (Å²) in [4.78, 5) is 10.2.